The van der Waals surface area contributed by atoms with Crippen LogP contribution in [0.1, 0.15) is 5.56 Å². The Hall–Kier alpha value is -1.69. The van der Waals surface area contributed by atoms with Crippen molar-refractivity contribution in [2.45, 2.75) is 16.7 Å². The Morgan fingerprint density at radius 3 is 2.86 bits per heavy atom. The number of nitrogens with one attached hydrogen (secondary N) is 1. The molecule has 2 N–H and O–H groups in total. The van der Waals surface area contributed by atoms with Gasteiger partial charge in [0.25, 0.3) is 0 Å². The number of hydrogen-bond donors (Lipinski definition) is 2. The van der Waals surface area contributed by atoms with E-state index >= 15 is 0 Å². The molecule has 108 valence electrons. The first-order chi connectivity index (χ1) is 10.2. The van der Waals surface area contributed by atoms with Gasteiger partial charge in [0.15, 0.2) is 5.16 Å². The molecule has 3 rings (SSSR count). The normalized spacial score (nSPS) is 11.0. The summed E-state index contributed by atoms with van der Waals surface area (Å²) >= 11 is 7.66. The van der Waals surface area contributed by atoms with Gasteiger partial charge < -0.3 is 14.8 Å². The van der Waals surface area contributed by atoms with Crippen molar-refractivity contribution in [1.82, 2.24) is 9.97 Å². The molecule has 1 heterocycles. The molecule has 0 fully saturated rings. The van der Waals surface area contributed by atoms with E-state index in [1.165, 1.54) is 11.8 Å². The first kappa shape index (κ1) is 14.3. The van der Waals surface area contributed by atoms with E-state index in [0.717, 1.165) is 32.4 Å². The first-order valence-electron chi connectivity index (χ1n) is 6.30. The summed E-state index contributed by atoms with van der Waals surface area (Å²) in [5.41, 5.74) is 2.58. The Morgan fingerprint density at radius 2 is 2.14 bits per heavy atom. The molecule has 0 saturated carbocycles. The molecule has 0 aliphatic heterocycles. The minimum Gasteiger partial charge on any atom is -0.497 e. The third-order valence-corrected chi connectivity index (χ3v) is 4.44. The number of nitrogens with zero attached hydrogens (tertiary/aromatic N) is 1. The van der Waals surface area contributed by atoms with Gasteiger partial charge in [0.2, 0.25) is 0 Å². The number of methoxy groups -OCH3 is 1. The van der Waals surface area contributed by atoms with E-state index in [0.29, 0.717) is 5.02 Å². The summed E-state index contributed by atoms with van der Waals surface area (Å²) in [6.07, 6.45) is 0. The molecule has 0 spiro atoms. The second kappa shape index (κ2) is 5.97. The zero-order valence-electron chi connectivity index (χ0n) is 11.3. The largest absolute Gasteiger partial charge is 0.497 e. The standard InChI is InChI=1S/C15H13ClN2O2S/c1-20-10-3-4-12-13(7-10)18-15(17-12)21-14-5-2-9(8-19)6-11(14)16/h2-7,19H,8H2,1H3,(H,17,18). The fourth-order valence-electron chi connectivity index (χ4n) is 1.97. The zero-order chi connectivity index (χ0) is 14.8. The maximum absolute atomic E-state index is 9.09. The molecule has 3 aromatic rings. The lowest BCUT2D eigenvalue weighted by Crippen LogP contribution is -1.84. The van der Waals surface area contributed by atoms with E-state index in [4.69, 9.17) is 21.4 Å². The highest BCUT2D eigenvalue weighted by atomic mass is 35.5. The number of aromatic nitrogens is 2. The minimum absolute atomic E-state index is 0.0188. The lowest BCUT2D eigenvalue weighted by atomic mass is 10.2. The predicted molar refractivity (Wildman–Crippen MR) is 84.1 cm³/mol. The van der Waals surface area contributed by atoms with Crippen LogP contribution in [0.15, 0.2) is 46.5 Å². The number of halogens is 1. The highest BCUT2D eigenvalue weighted by Crippen LogP contribution is 2.33. The SMILES string of the molecule is COc1ccc2nc(Sc3ccc(CO)cc3Cl)[nH]c2c1. The van der Waals surface area contributed by atoms with Crippen molar-refractivity contribution in [2.75, 3.05) is 7.11 Å². The number of fused-ring (bicyclic) bond motifs is 1. The summed E-state index contributed by atoms with van der Waals surface area (Å²) in [5.74, 6) is 0.785. The van der Waals surface area contributed by atoms with Crippen LogP contribution >= 0.6 is 23.4 Å². The van der Waals surface area contributed by atoms with Crippen molar-refractivity contribution < 1.29 is 9.84 Å². The van der Waals surface area contributed by atoms with Gasteiger partial charge in [-0.15, -0.1) is 0 Å². The van der Waals surface area contributed by atoms with Crippen molar-refractivity contribution in [1.29, 1.82) is 0 Å². The van der Waals surface area contributed by atoms with Crippen LogP contribution in [0.5, 0.6) is 5.75 Å². The molecule has 0 aliphatic rings. The van der Waals surface area contributed by atoms with Gasteiger partial charge in [0.05, 0.1) is 29.8 Å². The monoisotopic (exact) mass is 320 g/mol. The number of H-pyrrole nitrogens is 1. The third kappa shape index (κ3) is 3.00. The molecule has 1 aromatic heterocycles. The molecule has 0 atom stereocenters. The van der Waals surface area contributed by atoms with Crippen LogP contribution in [0.4, 0.5) is 0 Å². The average molecular weight is 321 g/mol. The van der Waals surface area contributed by atoms with E-state index < -0.39 is 0 Å². The van der Waals surface area contributed by atoms with Crippen molar-refractivity contribution >= 4 is 34.4 Å². The number of rotatable bonds is 4. The zero-order valence-corrected chi connectivity index (χ0v) is 12.8. The maximum Gasteiger partial charge on any atom is 0.171 e. The van der Waals surface area contributed by atoms with Gasteiger partial charge in [-0.1, -0.05) is 29.4 Å². The lowest BCUT2D eigenvalue weighted by Gasteiger charge is -2.03. The smallest absolute Gasteiger partial charge is 0.171 e. The Balaban J connectivity index is 1.91. The first-order valence-corrected chi connectivity index (χ1v) is 7.50. The van der Waals surface area contributed by atoms with Gasteiger partial charge in [-0.3, -0.25) is 0 Å². The quantitative estimate of drug-likeness (QED) is 0.766. The summed E-state index contributed by atoms with van der Waals surface area (Å²) in [4.78, 5) is 8.64. The molecule has 4 nitrogen and oxygen atoms in total. The number of aliphatic hydroxyl groups excluding tert-OH is 1. The Kier molecular flexibility index (Phi) is 4.05. The molecule has 0 amide bonds. The number of benzene rings is 2. The second-order valence-corrected chi connectivity index (χ2v) is 5.89. The fraction of sp³-hybridized carbons (Fsp3) is 0.133. The van der Waals surface area contributed by atoms with Crippen LogP contribution in [0.3, 0.4) is 0 Å². The highest BCUT2D eigenvalue weighted by Gasteiger charge is 2.09. The molecule has 0 aliphatic carbocycles. The Bertz CT molecular complexity index is 788. The Labute approximate surface area is 131 Å². The molecule has 0 bridgehead atoms. The summed E-state index contributed by atoms with van der Waals surface area (Å²) in [5, 5.41) is 10.5. The number of ether oxygens (including phenoxy) is 1. The topological polar surface area (TPSA) is 58.1 Å². The van der Waals surface area contributed by atoms with E-state index in [9.17, 15) is 0 Å². The van der Waals surface area contributed by atoms with Crippen molar-refractivity contribution in [3.63, 3.8) is 0 Å². The van der Waals surface area contributed by atoms with Crippen LogP contribution in [0, 0.1) is 0 Å². The van der Waals surface area contributed by atoms with Gasteiger partial charge in [-0.2, -0.15) is 0 Å². The van der Waals surface area contributed by atoms with Crippen molar-refractivity contribution in [2.24, 2.45) is 0 Å². The van der Waals surface area contributed by atoms with Gasteiger partial charge in [-0.05, 0) is 29.8 Å². The number of aliphatic hydroxyl groups is 1. The van der Waals surface area contributed by atoms with Crippen LogP contribution < -0.4 is 4.74 Å². The van der Waals surface area contributed by atoms with Gasteiger partial charge >= 0.3 is 0 Å². The highest BCUT2D eigenvalue weighted by molar-refractivity contribution is 7.99. The minimum atomic E-state index is -0.0188. The average Bonchev–Trinajstić information content (AvgIpc) is 2.90. The number of imidazole rings is 1. The number of aromatic amines is 1. The van der Waals surface area contributed by atoms with E-state index in [1.54, 1.807) is 13.2 Å². The van der Waals surface area contributed by atoms with Crippen molar-refractivity contribution in [3.05, 3.63) is 47.0 Å². The van der Waals surface area contributed by atoms with E-state index in [-0.39, 0.29) is 6.61 Å². The molecule has 2 aromatic carbocycles. The third-order valence-electron chi connectivity index (χ3n) is 3.05. The second-order valence-electron chi connectivity index (χ2n) is 4.45. The van der Waals surface area contributed by atoms with Crippen LogP contribution in [-0.4, -0.2) is 22.2 Å². The molecule has 21 heavy (non-hydrogen) atoms. The van der Waals surface area contributed by atoms with Crippen LogP contribution in [0.25, 0.3) is 11.0 Å². The van der Waals surface area contributed by atoms with Gasteiger partial charge in [-0.25, -0.2) is 4.98 Å². The Morgan fingerprint density at radius 1 is 1.29 bits per heavy atom. The van der Waals surface area contributed by atoms with E-state index in [2.05, 4.69) is 9.97 Å². The summed E-state index contributed by atoms with van der Waals surface area (Å²) < 4.78 is 5.20. The molecule has 6 heteroatoms. The predicted octanol–water partition coefficient (Wildman–Crippen LogP) is 3.87. The van der Waals surface area contributed by atoms with E-state index in [1.807, 2.05) is 30.3 Å². The summed E-state index contributed by atoms with van der Waals surface area (Å²) in [7, 11) is 1.63. The summed E-state index contributed by atoms with van der Waals surface area (Å²) in [6.45, 7) is -0.0188. The molecular formula is C15H13ClN2O2S. The fourth-order valence-corrected chi connectivity index (χ4v) is 3.09. The molecular weight excluding hydrogens is 308 g/mol. The molecule has 0 radical (unpaired) electrons. The molecule has 0 saturated heterocycles. The van der Waals surface area contributed by atoms with Crippen molar-refractivity contribution in [3.8, 4) is 5.75 Å². The van der Waals surface area contributed by atoms with Crippen LogP contribution in [0.2, 0.25) is 5.02 Å². The van der Waals surface area contributed by atoms with Gasteiger partial charge in [0, 0.05) is 11.0 Å². The van der Waals surface area contributed by atoms with Gasteiger partial charge in [0.1, 0.15) is 5.75 Å². The lowest BCUT2D eigenvalue weighted by molar-refractivity contribution is 0.282. The maximum atomic E-state index is 9.09. The number of hydrogen-bond acceptors (Lipinski definition) is 4. The summed E-state index contributed by atoms with van der Waals surface area (Å²) in [6, 6.07) is 11.2. The van der Waals surface area contributed by atoms with Crippen LogP contribution in [-0.2, 0) is 6.61 Å². The molecule has 0 unspecified atom stereocenters.